The van der Waals surface area contributed by atoms with Crippen LogP contribution in [0.1, 0.15) is 32.4 Å². The molecular weight excluding hydrogens is 188 g/mol. The largest absolute Gasteiger partial charge is 0.397 e. The lowest BCUT2D eigenvalue weighted by atomic mass is 10.0. The molecule has 0 spiro atoms. The zero-order valence-electron chi connectivity index (χ0n) is 9.79. The van der Waals surface area contributed by atoms with E-state index in [-0.39, 0.29) is 5.56 Å². The van der Waals surface area contributed by atoms with Gasteiger partial charge >= 0.3 is 0 Å². The minimum Gasteiger partial charge on any atom is -0.397 e. The molecule has 3 heteroatoms. The number of hydrogen-bond donors (Lipinski definition) is 1. The molecule has 1 heterocycles. The van der Waals surface area contributed by atoms with Crippen LogP contribution in [-0.4, -0.2) is 4.57 Å². The first-order valence-electron chi connectivity index (χ1n) is 5.56. The van der Waals surface area contributed by atoms with Crippen molar-refractivity contribution in [1.29, 1.82) is 0 Å². The summed E-state index contributed by atoms with van der Waals surface area (Å²) >= 11 is 0. The summed E-state index contributed by atoms with van der Waals surface area (Å²) in [6.45, 7) is 6.99. The molecule has 0 saturated carbocycles. The Morgan fingerprint density at radius 3 is 2.47 bits per heavy atom. The Labute approximate surface area is 90.9 Å². The highest BCUT2D eigenvalue weighted by molar-refractivity contribution is 5.41. The van der Waals surface area contributed by atoms with E-state index in [9.17, 15) is 4.79 Å². The number of hydrogen-bond acceptors (Lipinski definition) is 2. The third-order valence-corrected chi connectivity index (χ3v) is 3.09. The van der Waals surface area contributed by atoms with Crippen molar-refractivity contribution in [3.05, 3.63) is 28.2 Å². The van der Waals surface area contributed by atoms with Crippen LogP contribution in [0.5, 0.6) is 0 Å². The Hall–Kier alpha value is -1.25. The molecular formula is C12H20N2O. The quantitative estimate of drug-likeness (QED) is 0.824. The van der Waals surface area contributed by atoms with Gasteiger partial charge in [0, 0.05) is 18.3 Å². The predicted molar refractivity (Wildman–Crippen MR) is 63.9 cm³/mol. The van der Waals surface area contributed by atoms with Gasteiger partial charge in [0.25, 0.3) is 5.56 Å². The molecule has 15 heavy (non-hydrogen) atoms. The number of nitrogens with zero attached hydrogens (tertiary/aromatic N) is 1. The second-order valence-corrected chi connectivity index (χ2v) is 4.01. The van der Waals surface area contributed by atoms with E-state index in [4.69, 9.17) is 5.73 Å². The van der Waals surface area contributed by atoms with Gasteiger partial charge in [-0.3, -0.25) is 4.79 Å². The topological polar surface area (TPSA) is 48.0 Å². The number of nitrogens with two attached hydrogens (primary N) is 1. The van der Waals surface area contributed by atoms with Crippen molar-refractivity contribution in [1.82, 2.24) is 4.57 Å². The van der Waals surface area contributed by atoms with Gasteiger partial charge in [-0.15, -0.1) is 0 Å². The van der Waals surface area contributed by atoms with Gasteiger partial charge in [0.15, 0.2) is 0 Å². The zero-order valence-corrected chi connectivity index (χ0v) is 9.79. The Morgan fingerprint density at radius 2 is 1.93 bits per heavy atom. The lowest BCUT2D eigenvalue weighted by molar-refractivity contribution is 0.408. The Morgan fingerprint density at radius 1 is 1.33 bits per heavy atom. The van der Waals surface area contributed by atoms with Gasteiger partial charge in [-0.25, -0.2) is 0 Å². The zero-order chi connectivity index (χ0) is 11.4. The fourth-order valence-corrected chi connectivity index (χ4v) is 1.72. The number of rotatable bonds is 4. The molecule has 2 N–H and O–H groups in total. The van der Waals surface area contributed by atoms with Crippen molar-refractivity contribution >= 4 is 5.69 Å². The lowest BCUT2D eigenvalue weighted by Crippen LogP contribution is -2.25. The molecule has 0 aliphatic rings. The van der Waals surface area contributed by atoms with Gasteiger partial charge < -0.3 is 10.3 Å². The van der Waals surface area contributed by atoms with Crippen molar-refractivity contribution in [3.63, 3.8) is 0 Å². The molecule has 1 aromatic rings. The maximum atomic E-state index is 11.7. The van der Waals surface area contributed by atoms with Crippen molar-refractivity contribution in [2.24, 2.45) is 5.92 Å². The van der Waals surface area contributed by atoms with E-state index in [1.54, 1.807) is 16.7 Å². The Kier molecular flexibility index (Phi) is 3.95. The second-order valence-electron chi connectivity index (χ2n) is 4.01. The van der Waals surface area contributed by atoms with Crippen molar-refractivity contribution in [3.8, 4) is 0 Å². The van der Waals surface area contributed by atoms with Crippen LogP contribution in [0.4, 0.5) is 5.69 Å². The second kappa shape index (κ2) is 5.01. The monoisotopic (exact) mass is 208 g/mol. The first kappa shape index (κ1) is 11.8. The smallest absolute Gasteiger partial charge is 0.250 e. The Balaban J connectivity index is 3.03. The molecule has 0 atom stereocenters. The van der Waals surface area contributed by atoms with E-state index in [2.05, 4.69) is 13.8 Å². The van der Waals surface area contributed by atoms with E-state index in [1.165, 1.54) is 0 Å². The van der Waals surface area contributed by atoms with Gasteiger partial charge in [-0.05, 0) is 18.9 Å². The molecule has 84 valence electrons. The fourth-order valence-electron chi connectivity index (χ4n) is 1.72. The van der Waals surface area contributed by atoms with Crippen LogP contribution in [0, 0.1) is 12.8 Å². The first-order chi connectivity index (χ1) is 7.10. The maximum Gasteiger partial charge on any atom is 0.250 e. The summed E-state index contributed by atoms with van der Waals surface area (Å²) in [5.74, 6) is 0.559. The summed E-state index contributed by atoms with van der Waals surface area (Å²) in [6.07, 6.45) is 2.19. The van der Waals surface area contributed by atoms with E-state index >= 15 is 0 Å². The van der Waals surface area contributed by atoms with Crippen LogP contribution in [0.2, 0.25) is 0 Å². The molecule has 3 nitrogen and oxygen atoms in total. The minimum absolute atomic E-state index is 0.0496. The summed E-state index contributed by atoms with van der Waals surface area (Å²) in [5.41, 5.74) is 7.42. The predicted octanol–water partition coefficient (Wildman–Crippen LogP) is 2.18. The molecule has 0 aromatic carbocycles. The molecule has 0 radical (unpaired) electrons. The Bertz CT molecular complexity index is 378. The summed E-state index contributed by atoms with van der Waals surface area (Å²) in [7, 11) is 0. The van der Waals surface area contributed by atoms with E-state index in [0.717, 1.165) is 25.1 Å². The summed E-state index contributed by atoms with van der Waals surface area (Å²) in [4.78, 5) is 11.7. The molecule has 0 aliphatic carbocycles. The van der Waals surface area contributed by atoms with Crippen LogP contribution in [0.25, 0.3) is 0 Å². The van der Waals surface area contributed by atoms with Crippen molar-refractivity contribution < 1.29 is 0 Å². The minimum atomic E-state index is 0.0496. The van der Waals surface area contributed by atoms with Crippen molar-refractivity contribution in [2.75, 3.05) is 5.73 Å². The highest BCUT2D eigenvalue weighted by Gasteiger charge is 2.09. The standard InChI is InChI=1S/C12H20N2O/c1-4-10(5-2)8-14-9(3)11(13)6-7-12(14)15/h6-7,10H,4-5,8,13H2,1-3H3. The average Bonchev–Trinajstić information content (AvgIpc) is 2.24. The van der Waals surface area contributed by atoms with E-state index in [0.29, 0.717) is 11.6 Å². The molecule has 1 rings (SSSR count). The van der Waals surface area contributed by atoms with Crippen LogP contribution >= 0.6 is 0 Å². The molecule has 0 bridgehead atoms. The van der Waals surface area contributed by atoms with Gasteiger partial charge in [-0.2, -0.15) is 0 Å². The number of nitrogen functional groups attached to an aromatic ring is 1. The van der Waals surface area contributed by atoms with Crippen molar-refractivity contribution in [2.45, 2.75) is 40.2 Å². The highest BCUT2D eigenvalue weighted by atomic mass is 16.1. The van der Waals surface area contributed by atoms with E-state index in [1.807, 2.05) is 6.92 Å². The normalized spacial score (nSPS) is 10.9. The van der Waals surface area contributed by atoms with Crippen LogP contribution in [-0.2, 0) is 6.54 Å². The third-order valence-electron chi connectivity index (χ3n) is 3.09. The summed E-state index contributed by atoms with van der Waals surface area (Å²) < 4.78 is 1.78. The van der Waals surface area contributed by atoms with E-state index < -0.39 is 0 Å². The molecule has 0 amide bonds. The van der Waals surface area contributed by atoms with Crippen LogP contribution in [0.3, 0.4) is 0 Å². The first-order valence-corrected chi connectivity index (χ1v) is 5.56. The fraction of sp³-hybridized carbons (Fsp3) is 0.583. The lowest BCUT2D eigenvalue weighted by Gasteiger charge is -2.17. The molecule has 1 aromatic heterocycles. The average molecular weight is 208 g/mol. The van der Waals surface area contributed by atoms with Gasteiger partial charge in [0.2, 0.25) is 0 Å². The number of pyridine rings is 1. The third kappa shape index (κ3) is 2.61. The summed E-state index contributed by atoms with van der Waals surface area (Å²) in [6, 6.07) is 3.23. The van der Waals surface area contributed by atoms with Crippen LogP contribution in [0.15, 0.2) is 16.9 Å². The molecule has 0 fully saturated rings. The maximum absolute atomic E-state index is 11.7. The molecule has 0 unspecified atom stereocenters. The molecule has 0 aliphatic heterocycles. The van der Waals surface area contributed by atoms with Gasteiger partial charge in [0.1, 0.15) is 0 Å². The van der Waals surface area contributed by atoms with Gasteiger partial charge in [0.05, 0.1) is 5.69 Å². The SMILES string of the molecule is CCC(CC)Cn1c(C)c(N)ccc1=O. The highest BCUT2D eigenvalue weighted by Crippen LogP contribution is 2.13. The van der Waals surface area contributed by atoms with Gasteiger partial charge in [-0.1, -0.05) is 26.7 Å². The van der Waals surface area contributed by atoms with Crippen LogP contribution < -0.4 is 11.3 Å². The summed E-state index contributed by atoms with van der Waals surface area (Å²) in [5, 5.41) is 0. The number of aromatic nitrogens is 1. The number of anilines is 1. The molecule has 0 saturated heterocycles.